The average molecular weight is 176 g/mol. The number of carbonyl (C=O) groups excluding carboxylic acids is 1. The fourth-order valence-corrected chi connectivity index (χ4v) is 1.44. The minimum absolute atomic E-state index is 0.0506. The van der Waals surface area contributed by atoms with E-state index >= 15 is 0 Å². The third kappa shape index (κ3) is 1.30. The van der Waals surface area contributed by atoms with Gasteiger partial charge in [-0.05, 0) is 17.5 Å². The maximum atomic E-state index is 11.2. The highest BCUT2D eigenvalue weighted by Gasteiger charge is 2.20. The molecule has 0 unspecified atom stereocenters. The van der Waals surface area contributed by atoms with Gasteiger partial charge in [-0.2, -0.15) is 0 Å². The minimum atomic E-state index is -0.0506. The van der Waals surface area contributed by atoms with Crippen LogP contribution in [0.4, 0.5) is 0 Å². The van der Waals surface area contributed by atoms with Crippen molar-refractivity contribution >= 4 is 5.91 Å². The van der Waals surface area contributed by atoms with Crippen molar-refractivity contribution in [1.29, 1.82) is 0 Å². The largest absolute Gasteiger partial charge is 0.347 e. The molecule has 3 nitrogen and oxygen atoms in total. The molecule has 0 aliphatic carbocycles. The number of rotatable bonds is 1. The van der Waals surface area contributed by atoms with E-state index in [1.54, 1.807) is 6.20 Å². The molecule has 0 fully saturated rings. The molecular formula is C10H12N2O. The third-order valence-electron chi connectivity index (χ3n) is 2.31. The molecule has 0 radical (unpaired) electrons. The van der Waals surface area contributed by atoms with Gasteiger partial charge in [-0.3, -0.25) is 9.78 Å². The third-order valence-corrected chi connectivity index (χ3v) is 2.31. The number of aromatic nitrogens is 1. The van der Waals surface area contributed by atoms with Crippen LogP contribution in [0, 0.1) is 0 Å². The Bertz CT molecular complexity index is 358. The molecule has 1 amide bonds. The van der Waals surface area contributed by atoms with Crippen LogP contribution in [-0.2, 0) is 6.54 Å². The van der Waals surface area contributed by atoms with Crippen LogP contribution in [0.15, 0.2) is 12.3 Å². The summed E-state index contributed by atoms with van der Waals surface area (Å²) in [6.45, 7) is 4.86. The molecule has 0 saturated heterocycles. The van der Waals surface area contributed by atoms with Gasteiger partial charge in [0, 0.05) is 18.3 Å². The molecule has 0 aromatic carbocycles. The van der Waals surface area contributed by atoms with Crippen molar-refractivity contribution < 1.29 is 4.79 Å². The van der Waals surface area contributed by atoms with Gasteiger partial charge < -0.3 is 5.32 Å². The zero-order valence-corrected chi connectivity index (χ0v) is 7.79. The normalized spacial score (nSPS) is 14.5. The topological polar surface area (TPSA) is 42.0 Å². The highest BCUT2D eigenvalue weighted by atomic mass is 16.2. The van der Waals surface area contributed by atoms with Gasteiger partial charge >= 0.3 is 0 Å². The summed E-state index contributed by atoms with van der Waals surface area (Å²) in [6, 6.07) is 2.06. The fraction of sp³-hybridized carbons (Fsp3) is 0.400. The highest BCUT2D eigenvalue weighted by Crippen LogP contribution is 2.19. The van der Waals surface area contributed by atoms with Crippen molar-refractivity contribution in [3.8, 4) is 0 Å². The first kappa shape index (κ1) is 8.23. The first-order valence-electron chi connectivity index (χ1n) is 4.45. The van der Waals surface area contributed by atoms with Crippen LogP contribution >= 0.6 is 0 Å². The van der Waals surface area contributed by atoms with Gasteiger partial charge in [0.25, 0.3) is 5.91 Å². The molecule has 3 heteroatoms. The highest BCUT2D eigenvalue weighted by molar-refractivity contribution is 5.96. The van der Waals surface area contributed by atoms with Crippen LogP contribution in [0.1, 0.15) is 41.4 Å². The number of amides is 1. The number of fused-ring (bicyclic) bond motifs is 1. The number of hydrogen-bond donors (Lipinski definition) is 1. The first-order chi connectivity index (χ1) is 6.18. The summed E-state index contributed by atoms with van der Waals surface area (Å²) in [4.78, 5) is 15.3. The van der Waals surface area contributed by atoms with Gasteiger partial charge in [0.1, 0.15) is 5.69 Å². The molecule has 13 heavy (non-hydrogen) atoms. The van der Waals surface area contributed by atoms with Gasteiger partial charge in [0.15, 0.2) is 0 Å². The Balaban J connectivity index is 2.45. The number of pyridine rings is 1. The summed E-state index contributed by atoms with van der Waals surface area (Å²) in [7, 11) is 0. The van der Waals surface area contributed by atoms with Crippen LogP contribution in [0.5, 0.6) is 0 Å². The van der Waals surface area contributed by atoms with E-state index in [0.717, 1.165) is 5.56 Å². The van der Waals surface area contributed by atoms with Crippen molar-refractivity contribution in [1.82, 2.24) is 10.3 Å². The lowest BCUT2D eigenvalue weighted by Gasteiger charge is -2.05. The second-order valence-corrected chi connectivity index (χ2v) is 3.61. The Morgan fingerprint density at radius 1 is 1.54 bits per heavy atom. The standard InChI is InChI=1S/C10H12N2O/c1-6(2)7-3-8-5-12-10(13)9(8)11-4-7/h3-4,6H,5H2,1-2H3,(H,12,13). The molecule has 68 valence electrons. The smallest absolute Gasteiger partial charge is 0.270 e. The van der Waals surface area contributed by atoms with E-state index in [0.29, 0.717) is 18.2 Å². The Morgan fingerprint density at radius 3 is 3.00 bits per heavy atom. The van der Waals surface area contributed by atoms with Gasteiger partial charge in [0.2, 0.25) is 0 Å². The van der Waals surface area contributed by atoms with Crippen molar-refractivity contribution in [2.24, 2.45) is 0 Å². The molecule has 2 rings (SSSR count). The van der Waals surface area contributed by atoms with E-state index in [1.807, 2.05) is 0 Å². The summed E-state index contributed by atoms with van der Waals surface area (Å²) in [5, 5.41) is 2.75. The van der Waals surface area contributed by atoms with Crippen LogP contribution < -0.4 is 5.32 Å². The fourth-order valence-electron chi connectivity index (χ4n) is 1.44. The molecule has 2 heterocycles. The van der Waals surface area contributed by atoms with Gasteiger partial charge in [0.05, 0.1) is 0 Å². The minimum Gasteiger partial charge on any atom is -0.347 e. The number of carbonyl (C=O) groups is 1. The van der Waals surface area contributed by atoms with Crippen LogP contribution in [-0.4, -0.2) is 10.9 Å². The van der Waals surface area contributed by atoms with Crippen molar-refractivity contribution in [3.05, 3.63) is 29.1 Å². The second kappa shape index (κ2) is 2.83. The summed E-state index contributed by atoms with van der Waals surface area (Å²) in [5.74, 6) is 0.416. The predicted octanol–water partition coefficient (Wildman–Crippen LogP) is 1.45. The molecule has 1 aromatic rings. The Morgan fingerprint density at radius 2 is 2.31 bits per heavy atom. The summed E-state index contributed by atoms with van der Waals surface area (Å²) < 4.78 is 0. The average Bonchev–Trinajstić information content (AvgIpc) is 2.47. The van der Waals surface area contributed by atoms with Crippen molar-refractivity contribution in [2.45, 2.75) is 26.3 Å². The van der Waals surface area contributed by atoms with E-state index in [-0.39, 0.29) is 5.91 Å². The quantitative estimate of drug-likeness (QED) is 0.703. The zero-order chi connectivity index (χ0) is 9.42. The van der Waals surface area contributed by atoms with Gasteiger partial charge in [-0.15, -0.1) is 0 Å². The maximum Gasteiger partial charge on any atom is 0.270 e. The molecule has 1 aliphatic rings. The van der Waals surface area contributed by atoms with Gasteiger partial charge in [-0.25, -0.2) is 0 Å². The Kier molecular flexibility index (Phi) is 1.79. The molecule has 1 aromatic heterocycles. The predicted molar refractivity (Wildman–Crippen MR) is 49.5 cm³/mol. The maximum absolute atomic E-state index is 11.2. The summed E-state index contributed by atoms with van der Waals surface area (Å²) in [6.07, 6.45) is 1.79. The van der Waals surface area contributed by atoms with Crippen LogP contribution in [0.3, 0.4) is 0 Å². The lowest BCUT2D eigenvalue weighted by atomic mass is 10.0. The van der Waals surface area contributed by atoms with Crippen molar-refractivity contribution in [3.63, 3.8) is 0 Å². The lowest BCUT2D eigenvalue weighted by Crippen LogP contribution is -2.13. The number of nitrogens with zero attached hydrogens (tertiary/aromatic N) is 1. The van der Waals surface area contributed by atoms with E-state index < -0.39 is 0 Å². The van der Waals surface area contributed by atoms with Gasteiger partial charge in [-0.1, -0.05) is 13.8 Å². The number of nitrogens with one attached hydrogen (secondary N) is 1. The molecule has 0 spiro atoms. The van der Waals surface area contributed by atoms with E-state index in [4.69, 9.17) is 0 Å². The second-order valence-electron chi connectivity index (χ2n) is 3.61. The summed E-state index contributed by atoms with van der Waals surface area (Å²) in [5.41, 5.74) is 2.80. The first-order valence-corrected chi connectivity index (χ1v) is 4.45. The summed E-state index contributed by atoms with van der Waals surface area (Å²) >= 11 is 0. The molecule has 1 aliphatic heterocycles. The number of hydrogen-bond acceptors (Lipinski definition) is 2. The van der Waals surface area contributed by atoms with Crippen molar-refractivity contribution in [2.75, 3.05) is 0 Å². The van der Waals surface area contributed by atoms with Crippen LogP contribution in [0.25, 0.3) is 0 Å². The molecule has 0 saturated carbocycles. The molecule has 1 N–H and O–H groups in total. The lowest BCUT2D eigenvalue weighted by molar-refractivity contribution is 0.0961. The molecular weight excluding hydrogens is 164 g/mol. The Hall–Kier alpha value is -1.38. The molecule has 0 atom stereocenters. The Labute approximate surface area is 77.2 Å². The van der Waals surface area contributed by atoms with Crippen LogP contribution in [0.2, 0.25) is 0 Å². The van der Waals surface area contributed by atoms with E-state index in [2.05, 4.69) is 30.2 Å². The molecule has 0 bridgehead atoms. The monoisotopic (exact) mass is 176 g/mol. The SMILES string of the molecule is CC(C)c1cnc2c(c1)CNC2=O. The van der Waals surface area contributed by atoms with E-state index in [9.17, 15) is 4.79 Å². The van der Waals surface area contributed by atoms with E-state index in [1.165, 1.54) is 5.56 Å². The zero-order valence-electron chi connectivity index (χ0n) is 7.79.